The van der Waals surface area contributed by atoms with Crippen molar-refractivity contribution < 1.29 is 14.6 Å². The van der Waals surface area contributed by atoms with E-state index in [2.05, 4.69) is 10.3 Å². The molecule has 0 fully saturated rings. The zero-order valence-corrected chi connectivity index (χ0v) is 12.7. The molecule has 2 aromatic heterocycles. The largest absolute Gasteiger partial charge is 0.389 e. The van der Waals surface area contributed by atoms with Gasteiger partial charge in [0, 0.05) is 30.0 Å². The van der Waals surface area contributed by atoms with Crippen LogP contribution in [0, 0.1) is 0 Å². The number of hydrogen-bond acceptors (Lipinski definition) is 6. The number of ether oxygens (including phenoxy) is 1. The summed E-state index contributed by atoms with van der Waals surface area (Å²) in [7, 11) is 1.51. The van der Waals surface area contributed by atoms with Crippen LogP contribution in [0.5, 0.6) is 0 Å². The monoisotopic (exact) mass is 312 g/mol. The highest BCUT2D eigenvalue weighted by Crippen LogP contribution is 2.25. The van der Waals surface area contributed by atoms with Gasteiger partial charge in [-0.05, 0) is 11.4 Å². The minimum Gasteiger partial charge on any atom is -0.389 e. The summed E-state index contributed by atoms with van der Waals surface area (Å²) in [5.41, 5.74) is 1.83. The van der Waals surface area contributed by atoms with Gasteiger partial charge in [0.15, 0.2) is 0 Å². The van der Waals surface area contributed by atoms with Crippen molar-refractivity contribution in [3.05, 3.63) is 27.9 Å². The first-order valence-corrected chi connectivity index (χ1v) is 7.92. The predicted octanol–water partition coefficient (Wildman–Crippen LogP) is 1.54. The average Bonchev–Trinajstić information content (AvgIpc) is 3.07. The maximum atomic E-state index is 11.7. The van der Waals surface area contributed by atoms with Crippen LogP contribution in [0.3, 0.4) is 0 Å². The fourth-order valence-electron chi connectivity index (χ4n) is 1.62. The number of thiophene rings is 1. The molecular formula is C13H16N2O3S2. The third-order valence-corrected chi connectivity index (χ3v) is 4.18. The van der Waals surface area contributed by atoms with Gasteiger partial charge in [-0.1, -0.05) is 0 Å². The van der Waals surface area contributed by atoms with Crippen molar-refractivity contribution in [1.29, 1.82) is 0 Å². The van der Waals surface area contributed by atoms with Gasteiger partial charge in [0.25, 0.3) is 0 Å². The van der Waals surface area contributed by atoms with Gasteiger partial charge < -0.3 is 15.2 Å². The van der Waals surface area contributed by atoms with Crippen LogP contribution < -0.4 is 5.32 Å². The van der Waals surface area contributed by atoms with E-state index in [4.69, 9.17) is 4.74 Å². The molecule has 2 heterocycles. The standard InChI is InChI=1S/C13H16N2O3S2/c1-18-6-11(16)5-14-12(17)4-10-8-20-13(15-10)9-2-3-19-7-9/h2-3,7-8,11,16H,4-6H2,1H3,(H,14,17). The fourth-order valence-corrected chi connectivity index (χ4v) is 3.15. The van der Waals surface area contributed by atoms with E-state index in [1.54, 1.807) is 11.3 Å². The smallest absolute Gasteiger partial charge is 0.226 e. The molecule has 0 aromatic carbocycles. The third kappa shape index (κ3) is 4.38. The number of methoxy groups -OCH3 is 1. The molecule has 5 nitrogen and oxygen atoms in total. The minimum atomic E-state index is -0.680. The van der Waals surface area contributed by atoms with E-state index in [0.717, 1.165) is 16.3 Å². The number of rotatable bonds is 7. The Labute approximate surface area is 125 Å². The van der Waals surface area contributed by atoms with Crippen molar-refractivity contribution >= 4 is 28.6 Å². The number of nitrogens with zero attached hydrogens (tertiary/aromatic N) is 1. The first-order valence-electron chi connectivity index (χ1n) is 6.09. The summed E-state index contributed by atoms with van der Waals surface area (Å²) in [6, 6.07) is 2.01. The zero-order valence-electron chi connectivity index (χ0n) is 11.0. The normalized spacial score (nSPS) is 12.3. The van der Waals surface area contributed by atoms with Crippen molar-refractivity contribution in [2.75, 3.05) is 20.3 Å². The Bertz CT molecular complexity index is 540. The molecular weight excluding hydrogens is 296 g/mol. The number of carbonyl (C=O) groups excluding carboxylic acids is 1. The summed E-state index contributed by atoms with van der Waals surface area (Å²) in [6.45, 7) is 0.396. The number of carbonyl (C=O) groups is 1. The maximum absolute atomic E-state index is 11.7. The van der Waals surface area contributed by atoms with Crippen LogP contribution >= 0.6 is 22.7 Å². The topological polar surface area (TPSA) is 71.5 Å². The van der Waals surface area contributed by atoms with Gasteiger partial charge in [-0.15, -0.1) is 11.3 Å². The van der Waals surface area contributed by atoms with Crippen LogP contribution in [0.25, 0.3) is 10.6 Å². The quantitative estimate of drug-likeness (QED) is 0.813. The van der Waals surface area contributed by atoms with Crippen LogP contribution in [0.4, 0.5) is 0 Å². The SMILES string of the molecule is COCC(O)CNC(=O)Cc1csc(-c2ccsc2)n1. The van der Waals surface area contributed by atoms with Crippen molar-refractivity contribution in [1.82, 2.24) is 10.3 Å². The van der Waals surface area contributed by atoms with E-state index in [9.17, 15) is 9.90 Å². The first-order chi connectivity index (χ1) is 9.69. The van der Waals surface area contributed by atoms with Crippen LogP contribution in [-0.2, 0) is 16.0 Å². The van der Waals surface area contributed by atoms with Crippen molar-refractivity contribution in [2.45, 2.75) is 12.5 Å². The molecule has 2 aromatic rings. The van der Waals surface area contributed by atoms with Crippen molar-refractivity contribution in [2.24, 2.45) is 0 Å². The van der Waals surface area contributed by atoms with E-state index in [-0.39, 0.29) is 25.5 Å². The molecule has 0 spiro atoms. The summed E-state index contributed by atoms with van der Waals surface area (Å²) in [4.78, 5) is 16.2. The average molecular weight is 312 g/mol. The second kappa shape index (κ2) is 7.49. The highest BCUT2D eigenvalue weighted by atomic mass is 32.1. The van der Waals surface area contributed by atoms with Crippen molar-refractivity contribution in [3.8, 4) is 10.6 Å². The lowest BCUT2D eigenvalue weighted by atomic mass is 10.3. The van der Waals surface area contributed by atoms with Gasteiger partial charge in [0.05, 0.1) is 24.8 Å². The van der Waals surface area contributed by atoms with Gasteiger partial charge >= 0.3 is 0 Å². The maximum Gasteiger partial charge on any atom is 0.226 e. The third-order valence-electron chi connectivity index (χ3n) is 2.56. The van der Waals surface area contributed by atoms with Gasteiger partial charge in [0.2, 0.25) is 5.91 Å². The summed E-state index contributed by atoms with van der Waals surface area (Å²) < 4.78 is 4.79. The number of aliphatic hydroxyl groups is 1. The van der Waals surface area contributed by atoms with Gasteiger partial charge in [-0.3, -0.25) is 4.79 Å². The molecule has 7 heteroatoms. The summed E-state index contributed by atoms with van der Waals surface area (Å²) in [6.07, 6.45) is -0.457. The second-order valence-corrected chi connectivity index (χ2v) is 5.88. The summed E-state index contributed by atoms with van der Waals surface area (Å²) in [5, 5.41) is 18.9. The van der Waals surface area contributed by atoms with Crippen molar-refractivity contribution in [3.63, 3.8) is 0 Å². The van der Waals surface area contributed by atoms with Gasteiger partial charge in [0.1, 0.15) is 5.01 Å². The molecule has 0 radical (unpaired) electrons. The van der Waals surface area contributed by atoms with Gasteiger partial charge in [-0.2, -0.15) is 11.3 Å². The molecule has 2 rings (SSSR count). The van der Waals surface area contributed by atoms with E-state index in [1.165, 1.54) is 18.4 Å². The second-order valence-electron chi connectivity index (χ2n) is 4.25. The molecule has 1 atom stereocenters. The molecule has 2 N–H and O–H groups in total. The molecule has 0 bridgehead atoms. The highest BCUT2D eigenvalue weighted by molar-refractivity contribution is 7.14. The number of hydrogen-bond donors (Lipinski definition) is 2. The molecule has 0 aliphatic heterocycles. The van der Waals surface area contributed by atoms with Crippen LogP contribution in [-0.4, -0.2) is 42.4 Å². The number of nitrogens with one attached hydrogen (secondary N) is 1. The fraction of sp³-hybridized carbons (Fsp3) is 0.385. The summed E-state index contributed by atoms with van der Waals surface area (Å²) in [5.74, 6) is -0.151. The zero-order chi connectivity index (χ0) is 14.4. The Kier molecular flexibility index (Phi) is 5.66. The van der Waals surface area contributed by atoms with E-state index < -0.39 is 6.10 Å². The summed E-state index contributed by atoms with van der Waals surface area (Å²) >= 11 is 3.15. The van der Waals surface area contributed by atoms with E-state index >= 15 is 0 Å². The Morgan fingerprint density at radius 2 is 2.40 bits per heavy atom. The molecule has 108 valence electrons. The Balaban J connectivity index is 1.83. The molecule has 0 aliphatic rings. The Morgan fingerprint density at radius 1 is 1.55 bits per heavy atom. The molecule has 0 saturated carbocycles. The van der Waals surface area contributed by atoms with Gasteiger partial charge in [-0.25, -0.2) is 4.98 Å². The molecule has 0 saturated heterocycles. The molecule has 20 heavy (non-hydrogen) atoms. The lowest BCUT2D eigenvalue weighted by Crippen LogP contribution is -2.35. The number of thiazole rings is 1. The number of aliphatic hydroxyl groups excluding tert-OH is 1. The molecule has 1 amide bonds. The van der Waals surface area contributed by atoms with Crippen LogP contribution in [0.15, 0.2) is 22.2 Å². The lowest BCUT2D eigenvalue weighted by Gasteiger charge is -2.10. The van der Waals surface area contributed by atoms with E-state index in [1.807, 2.05) is 22.2 Å². The number of amides is 1. The molecule has 0 aliphatic carbocycles. The van der Waals surface area contributed by atoms with E-state index in [0.29, 0.717) is 0 Å². The van der Waals surface area contributed by atoms with Crippen LogP contribution in [0.2, 0.25) is 0 Å². The first kappa shape index (κ1) is 15.1. The lowest BCUT2D eigenvalue weighted by molar-refractivity contribution is -0.121. The van der Waals surface area contributed by atoms with Crippen LogP contribution in [0.1, 0.15) is 5.69 Å². The number of aromatic nitrogens is 1. The minimum absolute atomic E-state index is 0.151. The predicted molar refractivity (Wildman–Crippen MR) is 80.0 cm³/mol. The highest BCUT2D eigenvalue weighted by Gasteiger charge is 2.10. The Morgan fingerprint density at radius 3 is 3.10 bits per heavy atom. The Hall–Kier alpha value is -1.28. The molecule has 1 unspecified atom stereocenters.